The smallest absolute Gasteiger partial charge is 0.184 e. The van der Waals surface area contributed by atoms with Crippen LogP contribution in [0.5, 0.6) is 0 Å². The van der Waals surface area contributed by atoms with Crippen molar-refractivity contribution in [2.75, 3.05) is 19.7 Å². The molecule has 2 saturated heterocycles. The first kappa shape index (κ1) is 26.0. The molecular weight excluding hydrogens is 464 g/mol. The number of hydrogen-bond donors (Lipinski definition) is 3. The maximum Gasteiger partial charge on any atom is 0.184 e. The molecule has 2 aliphatic heterocycles. The number of aliphatic hydroxyl groups is 2. The van der Waals surface area contributed by atoms with Gasteiger partial charge in [0.1, 0.15) is 0 Å². The first-order valence-electron chi connectivity index (χ1n) is 13.3. The summed E-state index contributed by atoms with van der Waals surface area (Å²) in [5, 5.41) is 19.3. The first-order chi connectivity index (χ1) is 18.1. The summed E-state index contributed by atoms with van der Waals surface area (Å²) >= 11 is 0. The van der Waals surface area contributed by atoms with Crippen LogP contribution in [0.25, 0.3) is 11.1 Å². The van der Waals surface area contributed by atoms with E-state index in [1.165, 1.54) is 0 Å². The number of benzene rings is 3. The molecule has 0 unspecified atom stereocenters. The third-order valence-electron chi connectivity index (χ3n) is 7.98. The fourth-order valence-electron chi connectivity index (χ4n) is 5.70. The lowest BCUT2D eigenvalue weighted by molar-refractivity contribution is -0.276. The Bertz CT molecular complexity index is 1150. The third kappa shape index (κ3) is 5.65. The second-order valence-corrected chi connectivity index (χ2v) is 10.3. The molecular formula is C31H38N2O4. The molecule has 0 saturated carbocycles. The summed E-state index contributed by atoms with van der Waals surface area (Å²) in [6, 6.07) is 24.8. The van der Waals surface area contributed by atoms with Crippen molar-refractivity contribution in [1.82, 2.24) is 4.90 Å². The van der Waals surface area contributed by atoms with Crippen LogP contribution in [0.3, 0.4) is 0 Å². The van der Waals surface area contributed by atoms with Gasteiger partial charge in [-0.2, -0.15) is 0 Å². The van der Waals surface area contributed by atoms with E-state index in [0.29, 0.717) is 6.54 Å². The molecule has 2 aliphatic rings. The highest BCUT2D eigenvalue weighted by Gasteiger charge is 2.40. The molecule has 0 amide bonds. The van der Waals surface area contributed by atoms with Crippen LogP contribution in [-0.2, 0) is 22.6 Å². The van der Waals surface area contributed by atoms with Gasteiger partial charge < -0.3 is 25.4 Å². The third-order valence-corrected chi connectivity index (χ3v) is 7.98. The van der Waals surface area contributed by atoms with E-state index in [-0.39, 0.29) is 37.4 Å². The van der Waals surface area contributed by atoms with Gasteiger partial charge in [-0.1, -0.05) is 79.7 Å². The molecule has 5 rings (SSSR count). The minimum Gasteiger partial charge on any atom is -0.395 e. The van der Waals surface area contributed by atoms with E-state index >= 15 is 0 Å². The maximum atomic E-state index is 9.86. The fraction of sp³-hybridized carbons (Fsp3) is 0.419. The van der Waals surface area contributed by atoms with E-state index in [4.69, 9.17) is 15.2 Å². The van der Waals surface area contributed by atoms with Gasteiger partial charge in [0.2, 0.25) is 0 Å². The molecule has 0 bridgehead atoms. The Kier molecular flexibility index (Phi) is 8.35. The zero-order chi connectivity index (χ0) is 25.8. The lowest BCUT2D eigenvalue weighted by Crippen LogP contribution is -2.46. The SMILES string of the molecule is C[C@H]1[C@@H](CN2CCC[C@H]2CO)O[C@@H](c2ccc(-c3ccccc3CN)cc2)O[C@H]1c1ccc(CO)cc1. The summed E-state index contributed by atoms with van der Waals surface area (Å²) in [7, 11) is 0. The monoisotopic (exact) mass is 502 g/mol. The van der Waals surface area contributed by atoms with Gasteiger partial charge in [0.25, 0.3) is 0 Å². The second-order valence-electron chi connectivity index (χ2n) is 10.3. The Morgan fingerprint density at radius 2 is 1.65 bits per heavy atom. The number of nitrogens with two attached hydrogens (primary N) is 1. The Labute approximate surface area is 219 Å². The summed E-state index contributed by atoms with van der Waals surface area (Å²) in [4.78, 5) is 2.36. The highest BCUT2D eigenvalue weighted by molar-refractivity contribution is 5.67. The summed E-state index contributed by atoms with van der Waals surface area (Å²) < 4.78 is 13.2. The molecule has 196 valence electrons. The maximum absolute atomic E-state index is 9.86. The van der Waals surface area contributed by atoms with Crippen LogP contribution in [-0.4, -0.2) is 47.0 Å². The van der Waals surface area contributed by atoms with Gasteiger partial charge >= 0.3 is 0 Å². The molecule has 6 nitrogen and oxygen atoms in total. The van der Waals surface area contributed by atoms with Crippen molar-refractivity contribution < 1.29 is 19.7 Å². The van der Waals surface area contributed by atoms with Crippen molar-refractivity contribution in [3.63, 3.8) is 0 Å². The zero-order valence-corrected chi connectivity index (χ0v) is 21.5. The Morgan fingerprint density at radius 3 is 2.35 bits per heavy atom. The quantitative estimate of drug-likeness (QED) is 0.419. The van der Waals surface area contributed by atoms with Crippen LogP contribution in [0.15, 0.2) is 72.8 Å². The Hall–Kier alpha value is -2.58. The molecule has 0 radical (unpaired) electrons. The van der Waals surface area contributed by atoms with E-state index in [9.17, 15) is 10.2 Å². The average Bonchev–Trinajstić information content (AvgIpc) is 3.41. The molecule has 4 N–H and O–H groups in total. The largest absolute Gasteiger partial charge is 0.395 e. The summed E-state index contributed by atoms with van der Waals surface area (Å²) in [5.41, 5.74) is 12.3. The summed E-state index contributed by atoms with van der Waals surface area (Å²) in [5.74, 6) is 0.117. The highest BCUT2D eigenvalue weighted by atomic mass is 16.7. The van der Waals surface area contributed by atoms with Crippen molar-refractivity contribution in [3.8, 4) is 11.1 Å². The van der Waals surface area contributed by atoms with E-state index in [1.54, 1.807) is 0 Å². The molecule has 3 aromatic carbocycles. The van der Waals surface area contributed by atoms with Gasteiger partial charge in [-0.25, -0.2) is 0 Å². The molecule has 2 fully saturated rings. The van der Waals surface area contributed by atoms with Gasteiger partial charge in [-0.05, 0) is 47.2 Å². The van der Waals surface area contributed by atoms with Crippen LogP contribution < -0.4 is 5.73 Å². The molecule has 0 aliphatic carbocycles. The molecule has 37 heavy (non-hydrogen) atoms. The summed E-state index contributed by atoms with van der Waals surface area (Å²) in [6.07, 6.45) is 1.42. The minimum atomic E-state index is -0.502. The second kappa shape index (κ2) is 11.9. The van der Waals surface area contributed by atoms with E-state index in [0.717, 1.165) is 59.3 Å². The van der Waals surface area contributed by atoms with Crippen molar-refractivity contribution >= 4 is 0 Å². The lowest BCUT2D eigenvalue weighted by Gasteiger charge is -2.43. The normalized spacial score (nSPS) is 26.4. The fourth-order valence-corrected chi connectivity index (χ4v) is 5.70. The highest BCUT2D eigenvalue weighted by Crippen LogP contribution is 2.42. The van der Waals surface area contributed by atoms with Crippen molar-refractivity contribution in [1.29, 1.82) is 0 Å². The van der Waals surface area contributed by atoms with Gasteiger partial charge in [-0.3, -0.25) is 4.90 Å². The van der Waals surface area contributed by atoms with Gasteiger partial charge in [0.05, 0.1) is 25.4 Å². The number of rotatable bonds is 8. The topological polar surface area (TPSA) is 88.2 Å². The van der Waals surface area contributed by atoms with Gasteiger partial charge in [0, 0.05) is 30.6 Å². The number of ether oxygens (including phenoxy) is 2. The predicted molar refractivity (Wildman–Crippen MR) is 144 cm³/mol. The minimum absolute atomic E-state index is 0.0207. The Morgan fingerprint density at radius 1 is 0.919 bits per heavy atom. The molecule has 5 atom stereocenters. The van der Waals surface area contributed by atoms with Crippen LogP contribution >= 0.6 is 0 Å². The molecule has 6 heteroatoms. The van der Waals surface area contributed by atoms with E-state index in [1.807, 2.05) is 36.4 Å². The van der Waals surface area contributed by atoms with Gasteiger partial charge in [-0.15, -0.1) is 0 Å². The van der Waals surface area contributed by atoms with Crippen LogP contribution in [0.2, 0.25) is 0 Å². The van der Waals surface area contributed by atoms with Gasteiger partial charge in [0.15, 0.2) is 6.29 Å². The van der Waals surface area contributed by atoms with Crippen LogP contribution in [0.4, 0.5) is 0 Å². The van der Waals surface area contributed by atoms with Crippen LogP contribution in [0, 0.1) is 5.92 Å². The van der Waals surface area contributed by atoms with Crippen LogP contribution in [0.1, 0.15) is 54.4 Å². The van der Waals surface area contributed by atoms with Crippen molar-refractivity contribution in [3.05, 3.63) is 95.1 Å². The number of hydrogen-bond acceptors (Lipinski definition) is 6. The average molecular weight is 503 g/mol. The standard InChI is InChI=1S/C31H38N2O4/c1-21-29(18-33-16-4-6-27(33)20-35)36-31(37-30(21)24-10-8-22(19-34)9-11-24)25-14-12-23(13-15-25)28-7-3-2-5-26(28)17-32/h2-3,5,7-15,21,27,29-31,34-35H,4,6,16-20,32H2,1H3/t21-,27-,29+,30+,31+/m0/s1. The number of nitrogens with zero attached hydrogens (tertiary/aromatic N) is 1. The molecule has 0 aromatic heterocycles. The number of likely N-dealkylation sites (tertiary alicyclic amines) is 1. The lowest BCUT2D eigenvalue weighted by atomic mass is 9.89. The van der Waals surface area contributed by atoms with E-state index in [2.05, 4.69) is 48.2 Å². The molecule has 2 heterocycles. The summed E-state index contributed by atoms with van der Waals surface area (Å²) in [6.45, 7) is 4.62. The molecule has 3 aromatic rings. The zero-order valence-electron chi connectivity index (χ0n) is 21.5. The van der Waals surface area contributed by atoms with Crippen molar-refractivity contribution in [2.24, 2.45) is 11.7 Å². The Balaban J connectivity index is 1.42. The predicted octanol–water partition coefficient (Wildman–Crippen LogP) is 4.55. The van der Waals surface area contributed by atoms with E-state index < -0.39 is 6.29 Å². The van der Waals surface area contributed by atoms with Crippen molar-refractivity contribution in [2.45, 2.75) is 57.5 Å². The number of aliphatic hydroxyl groups excluding tert-OH is 2. The first-order valence-corrected chi connectivity index (χ1v) is 13.3. The molecule has 0 spiro atoms.